The number of hydrogen-bond donors (Lipinski definition) is 1. The van der Waals surface area contributed by atoms with Crippen molar-refractivity contribution in [2.75, 3.05) is 27.2 Å². The minimum atomic E-state index is -0.382. The third kappa shape index (κ3) is 4.55. The van der Waals surface area contributed by atoms with Crippen molar-refractivity contribution >= 4 is 5.91 Å². The van der Waals surface area contributed by atoms with Gasteiger partial charge in [0.05, 0.1) is 6.04 Å². The Labute approximate surface area is 127 Å². The van der Waals surface area contributed by atoms with Crippen molar-refractivity contribution in [3.05, 3.63) is 35.9 Å². The van der Waals surface area contributed by atoms with Crippen LogP contribution in [0.15, 0.2) is 30.3 Å². The van der Waals surface area contributed by atoms with E-state index in [1.165, 1.54) is 5.56 Å². The number of likely N-dealkylation sites (N-methyl/N-ethyl adjacent to an activating group) is 1. The first-order chi connectivity index (χ1) is 10.1. The molecule has 1 saturated heterocycles. The summed E-state index contributed by atoms with van der Waals surface area (Å²) in [5, 5.41) is 0. The van der Waals surface area contributed by atoms with Crippen LogP contribution in [-0.2, 0) is 11.2 Å². The lowest BCUT2D eigenvalue weighted by atomic mass is 10.0. The van der Waals surface area contributed by atoms with Crippen molar-refractivity contribution in [2.45, 2.75) is 37.8 Å². The van der Waals surface area contributed by atoms with E-state index < -0.39 is 0 Å². The van der Waals surface area contributed by atoms with Crippen LogP contribution < -0.4 is 5.73 Å². The van der Waals surface area contributed by atoms with Gasteiger partial charge in [-0.15, -0.1) is 0 Å². The van der Waals surface area contributed by atoms with Crippen LogP contribution in [-0.4, -0.2) is 55.0 Å². The largest absolute Gasteiger partial charge is 0.337 e. The van der Waals surface area contributed by atoms with Gasteiger partial charge in [0.15, 0.2) is 0 Å². The van der Waals surface area contributed by atoms with Crippen LogP contribution in [0.3, 0.4) is 0 Å². The van der Waals surface area contributed by atoms with Crippen molar-refractivity contribution in [2.24, 2.45) is 5.73 Å². The van der Waals surface area contributed by atoms with E-state index in [4.69, 9.17) is 5.73 Å². The predicted octanol–water partition coefficient (Wildman–Crippen LogP) is 1.50. The van der Waals surface area contributed by atoms with Crippen LogP contribution in [0.4, 0.5) is 0 Å². The number of nitrogens with two attached hydrogens (primary N) is 1. The highest BCUT2D eigenvalue weighted by molar-refractivity contribution is 5.82. The molecule has 4 heteroatoms. The lowest BCUT2D eigenvalue weighted by Gasteiger charge is -2.29. The molecule has 0 radical (unpaired) electrons. The molecule has 1 heterocycles. The molecule has 0 spiro atoms. The highest BCUT2D eigenvalue weighted by atomic mass is 16.2. The first-order valence-corrected chi connectivity index (χ1v) is 7.82. The van der Waals surface area contributed by atoms with Crippen molar-refractivity contribution in [3.63, 3.8) is 0 Å². The molecule has 1 aliphatic heterocycles. The Bertz CT molecular complexity index is 447. The lowest BCUT2D eigenvalue weighted by Crippen LogP contribution is -2.48. The Morgan fingerprint density at radius 3 is 2.76 bits per heavy atom. The molecule has 2 unspecified atom stereocenters. The number of nitrogens with zero attached hydrogens (tertiary/aromatic N) is 2. The first kappa shape index (κ1) is 16.0. The number of aryl methyl sites for hydroxylation is 1. The molecule has 1 aliphatic rings. The van der Waals surface area contributed by atoms with Gasteiger partial charge in [-0.05, 0) is 45.3 Å². The first-order valence-electron chi connectivity index (χ1n) is 7.82. The van der Waals surface area contributed by atoms with Gasteiger partial charge in [0.1, 0.15) is 0 Å². The van der Waals surface area contributed by atoms with Crippen molar-refractivity contribution in [1.29, 1.82) is 0 Å². The van der Waals surface area contributed by atoms with E-state index in [0.29, 0.717) is 12.5 Å². The molecule has 2 rings (SSSR count). The number of carbonyl (C=O) groups excluding carboxylic acids is 1. The van der Waals surface area contributed by atoms with E-state index in [2.05, 4.69) is 31.1 Å². The molecular weight excluding hydrogens is 262 g/mol. The summed E-state index contributed by atoms with van der Waals surface area (Å²) in [6, 6.07) is 10.2. The zero-order chi connectivity index (χ0) is 15.2. The highest BCUT2D eigenvalue weighted by Crippen LogP contribution is 2.19. The summed E-state index contributed by atoms with van der Waals surface area (Å²) < 4.78 is 0. The van der Waals surface area contributed by atoms with Crippen LogP contribution in [0.25, 0.3) is 0 Å². The monoisotopic (exact) mass is 289 g/mol. The molecule has 1 fully saturated rings. The third-order valence-corrected chi connectivity index (χ3v) is 4.14. The van der Waals surface area contributed by atoms with Crippen molar-refractivity contribution < 1.29 is 4.79 Å². The minimum absolute atomic E-state index is 0.121. The smallest absolute Gasteiger partial charge is 0.239 e. The Hall–Kier alpha value is -1.39. The number of rotatable bonds is 6. The van der Waals surface area contributed by atoms with E-state index in [9.17, 15) is 4.79 Å². The maximum absolute atomic E-state index is 12.5. The van der Waals surface area contributed by atoms with Gasteiger partial charge in [0, 0.05) is 19.1 Å². The van der Waals surface area contributed by atoms with Crippen LogP contribution >= 0.6 is 0 Å². The van der Waals surface area contributed by atoms with Crippen LogP contribution in [0.2, 0.25) is 0 Å². The van der Waals surface area contributed by atoms with Gasteiger partial charge < -0.3 is 15.5 Å². The normalized spacial score (nSPS) is 20.0. The summed E-state index contributed by atoms with van der Waals surface area (Å²) in [7, 11) is 4.10. The summed E-state index contributed by atoms with van der Waals surface area (Å²) in [5.41, 5.74) is 7.38. The Kier molecular flexibility index (Phi) is 5.76. The van der Waals surface area contributed by atoms with Gasteiger partial charge in [-0.25, -0.2) is 0 Å². The molecule has 116 valence electrons. The molecule has 1 aromatic rings. The van der Waals surface area contributed by atoms with Gasteiger partial charge in [-0.1, -0.05) is 30.3 Å². The topological polar surface area (TPSA) is 49.6 Å². The fraction of sp³-hybridized carbons (Fsp3) is 0.588. The fourth-order valence-electron chi connectivity index (χ4n) is 3.04. The second kappa shape index (κ2) is 7.57. The summed E-state index contributed by atoms with van der Waals surface area (Å²) in [6.07, 6.45) is 3.76. The molecule has 21 heavy (non-hydrogen) atoms. The summed E-state index contributed by atoms with van der Waals surface area (Å²) in [4.78, 5) is 16.7. The van der Waals surface area contributed by atoms with E-state index in [0.717, 1.165) is 32.4 Å². The zero-order valence-electron chi connectivity index (χ0n) is 13.2. The predicted molar refractivity (Wildman–Crippen MR) is 86.0 cm³/mol. The van der Waals surface area contributed by atoms with Crippen molar-refractivity contribution in [1.82, 2.24) is 9.80 Å². The molecule has 2 N–H and O–H groups in total. The number of hydrogen-bond acceptors (Lipinski definition) is 3. The summed E-state index contributed by atoms with van der Waals surface area (Å²) in [5.74, 6) is 0.121. The van der Waals surface area contributed by atoms with E-state index in [1.807, 2.05) is 23.1 Å². The minimum Gasteiger partial charge on any atom is -0.337 e. The molecule has 0 aliphatic carbocycles. The summed E-state index contributed by atoms with van der Waals surface area (Å²) >= 11 is 0. The molecule has 1 amide bonds. The average molecular weight is 289 g/mol. The zero-order valence-corrected chi connectivity index (χ0v) is 13.2. The van der Waals surface area contributed by atoms with E-state index in [-0.39, 0.29) is 11.9 Å². The molecule has 0 aromatic heterocycles. The molecule has 1 aromatic carbocycles. The molecule has 0 bridgehead atoms. The fourth-order valence-corrected chi connectivity index (χ4v) is 3.04. The van der Waals surface area contributed by atoms with E-state index in [1.54, 1.807) is 0 Å². The second-order valence-corrected chi connectivity index (χ2v) is 6.22. The SMILES string of the molecule is CN(C)CC1CCCN1C(=O)C(N)CCc1ccccc1. The third-order valence-electron chi connectivity index (χ3n) is 4.14. The van der Waals surface area contributed by atoms with Gasteiger partial charge in [0.2, 0.25) is 5.91 Å². The maximum Gasteiger partial charge on any atom is 0.239 e. The standard InChI is InChI=1S/C17H27N3O/c1-19(2)13-15-9-6-12-20(15)17(21)16(18)11-10-14-7-4-3-5-8-14/h3-5,7-8,15-16H,6,9-13,18H2,1-2H3. The number of likely N-dealkylation sites (tertiary alicyclic amines) is 1. The molecule has 4 nitrogen and oxygen atoms in total. The quantitative estimate of drug-likeness (QED) is 0.863. The Balaban J connectivity index is 1.86. The molecular formula is C17H27N3O. The van der Waals surface area contributed by atoms with E-state index >= 15 is 0 Å². The number of carbonyl (C=O) groups is 1. The van der Waals surface area contributed by atoms with Crippen LogP contribution in [0, 0.1) is 0 Å². The van der Waals surface area contributed by atoms with Gasteiger partial charge in [-0.3, -0.25) is 4.79 Å². The second-order valence-electron chi connectivity index (χ2n) is 6.22. The lowest BCUT2D eigenvalue weighted by molar-refractivity contribution is -0.133. The molecule has 2 atom stereocenters. The van der Waals surface area contributed by atoms with Crippen LogP contribution in [0.5, 0.6) is 0 Å². The van der Waals surface area contributed by atoms with Gasteiger partial charge in [-0.2, -0.15) is 0 Å². The maximum atomic E-state index is 12.5. The van der Waals surface area contributed by atoms with Gasteiger partial charge >= 0.3 is 0 Å². The summed E-state index contributed by atoms with van der Waals surface area (Å²) in [6.45, 7) is 1.79. The van der Waals surface area contributed by atoms with Crippen LogP contribution in [0.1, 0.15) is 24.8 Å². The van der Waals surface area contributed by atoms with Gasteiger partial charge in [0.25, 0.3) is 0 Å². The average Bonchev–Trinajstić information content (AvgIpc) is 2.92. The van der Waals surface area contributed by atoms with Crippen molar-refractivity contribution in [3.8, 4) is 0 Å². The number of benzene rings is 1. The Morgan fingerprint density at radius 2 is 2.10 bits per heavy atom. The Morgan fingerprint density at radius 1 is 1.38 bits per heavy atom. The molecule has 0 saturated carbocycles. The highest BCUT2D eigenvalue weighted by Gasteiger charge is 2.31. The number of amides is 1.